The minimum Gasteiger partial charge on any atom is -0.450 e. The Balaban J connectivity index is 1.46. The highest BCUT2D eigenvalue weighted by atomic mass is 32.2. The Morgan fingerprint density at radius 1 is 1.17 bits per heavy atom. The second-order valence-corrected chi connectivity index (χ2v) is 8.38. The van der Waals surface area contributed by atoms with Crippen LogP contribution in [0.1, 0.15) is 30.1 Å². The summed E-state index contributed by atoms with van der Waals surface area (Å²) in [6.07, 6.45) is -0.527. The van der Waals surface area contributed by atoms with Crippen LogP contribution in [0.2, 0.25) is 0 Å². The number of primary amides is 1. The second-order valence-electron chi connectivity index (χ2n) is 7.06. The van der Waals surface area contributed by atoms with Crippen molar-refractivity contribution in [3.05, 3.63) is 54.1 Å². The molecule has 9 heteroatoms. The molecule has 0 radical (unpaired) electrons. The van der Waals surface area contributed by atoms with Crippen LogP contribution in [0.4, 0.5) is 11.4 Å². The van der Waals surface area contributed by atoms with E-state index in [1.807, 2.05) is 18.2 Å². The predicted octanol–water partition coefficient (Wildman–Crippen LogP) is 2.28. The summed E-state index contributed by atoms with van der Waals surface area (Å²) in [4.78, 5) is 50.3. The highest BCUT2D eigenvalue weighted by Gasteiger charge is 2.58. The van der Waals surface area contributed by atoms with Crippen molar-refractivity contribution >= 4 is 46.8 Å². The van der Waals surface area contributed by atoms with E-state index in [-0.39, 0.29) is 12.3 Å². The quantitative estimate of drug-likeness (QED) is 0.710. The highest BCUT2D eigenvalue weighted by Crippen LogP contribution is 2.56. The summed E-state index contributed by atoms with van der Waals surface area (Å²) in [5, 5.41) is 2.63. The number of hydrogen-bond acceptors (Lipinski definition) is 6. The molecule has 154 valence electrons. The van der Waals surface area contributed by atoms with Gasteiger partial charge in [-0.05, 0) is 43.3 Å². The Hall–Kier alpha value is -3.33. The van der Waals surface area contributed by atoms with Gasteiger partial charge in [-0.25, -0.2) is 4.79 Å². The number of thioether (sulfide) groups is 1. The summed E-state index contributed by atoms with van der Waals surface area (Å²) in [6, 6.07) is 13.4. The van der Waals surface area contributed by atoms with Crippen molar-refractivity contribution in [3.8, 4) is 0 Å². The average Bonchev–Trinajstić information content (AvgIpc) is 3.24. The zero-order valence-corrected chi connectivity index (χ0v) is 16.9. The van der Waals surface area contributed by atoms with Crippen molar-refractivity contribution in [1.29, 1.82) is 0 Å². The number of nitrogens with one attached hydrogen (secondary N) is 1. The molecule has 1 saturated heterocycles. The fraction of sp³-hybridized carbons (Fsp3) is 0.238. The molecule has 3 N–H and O–H groups in total. The van der Waals surface area contributed by atoms with Gasteiger partial charge >= 0.3 is 5.97 Å². The molecule has 0 spiro atoms. The molecule has 0 bridgehead atoms. The van der Waals surface area contributed by atoms with E-state index < -0.39 is 28.8 Å². The van der Waals surface area contributed by atoms with Crippen LogP contribution < -0.4 is 16.0 Å². The van der Waals surface area contributed by atoms with Gasteiger partial charge < -0.3 is 15.8 Å². The first-order valence-corrected chi connectivity index (χ1v) is 10.2. The van der Waals surface area contributed by atoms with Crippen LogP contribution in [0.3, 0.4) is 0 Å². The number of para-hydroxylation sites is 1. The monoisotopic (exact) mass is 425 g/mol. The van der Waals surface area contributed by atoms with Gasteiger partial charge in [-0.1, -0.05) is 23.9 Å². The lowest BCUT2D eigenvalue weighted by Crippen LogP contribution is -2.49. The van der Waals surface area contributed by atoms with Crippen LogP contribution in [0.15, 0.2) is 53.4 Å². The van der Waals surface area contributed by atoms with Gasteiger partial charge in [0, 0.05) is 29.0 Å². The maximum Gasteiger partial charge on any atom is 0.344 e. The molecule has 30 heavy (non-hydrogen) atoms. The van der Waals surface area contributed by atoms with E-state index in [1.165, 1.54) is 47.9 Å². The molecule has 0 aromatic heterocycles. The van der Waals surface area contributed by atoms with E-state index in [9.17, 15) is 19.2 Å². The van der Waals surface area contributed by atoms with E-state index in [4.69, 9.17) is 10.5 Å². The van der Waals surface area contributed by atoms with Crippen molar-refractivity contribution in [2.75, 3.05) is 10.2 Å². The van der Waals surface area contributed by atoms with Gasteiger partial charge in [0.2, 0.25) is 11.8 Å². The Morgan fingerprint density at radius 2 is 1.87 bits per heavy atom. The Kier molecular flexibility index (Phi) is 4.98. The maximum atomic E-state index is 13.1. The van der Waals surface area contributed by atoms with Gasteiger partial charge in [-0.15, -0.1) is 0 Å². The number of amides is 3. The van der Waals surface area contributed by atoms with Crippen LogP contribution in [0.5, 0.6) is 0 Å². The van der Waals surface area contributed by atoms with Crippen molar-refractivity contribution in [2.24, 2.45) is 5.73 Å². The third-order valence-corrected chi connectivity index (χ3v) is 6.54. The van der Waals surface area contributed by atoms with Crippen LogP contribution in [0.25, 0.3) is 0 Å². The number of nitrogens with two attached hydrogens (primary N) is 1. The molecule has 2 atom stereocenters. The molecular weight excluding hydrogens is 406 g/mol. The molecule has 2 heterocycles. The van der Waals surface area contributed by atoms with Gasteiger partial charge in [0.15, 0.2) is 11.0 Å². The topological polar surface area (TPSA) is 119 Å². The number of ether oxygens (including phenoxy) is 1. The zero-order valence-electron chi connectivity index (χ0n) is 16.1. The number of esters is 1. The van der Waals surface area contributed by atoms with Crippen molar-refractivity contribution in [3.63, 3.8) is 0 Å². The second kappa shape index (κ2) is 7.49. The number of rotatable bonds is 5. The molecule has 0 saturated carbocycles. The molecule has 3 amide bonds. The van der Waals surface area contributed by atoms with Gasteiger partial charge in [-0.2, -0.15) is 0 Å². The third-order valence-electron chi connectivity index (χ3n) is 5.08. The molecule has 2 aliphatic heterocycles. The van der Waals surface area contributed by atoms with Crippen LogP contribution >= 0.6 is 11.8 Å². The maximum absolute atomic E-state index is 13.1. The fourth-order valence-electron chi connectivity index (χ4n) is 3.54. The lowest BCUT2D eigenvalue weighted by Gasteiger charge is -2.29. The molecule has 1 fully saturated rings. The van der Waals surface area contributed by atoms with Gasteiger partial charge in [0.05, 0.1) is 5.69 Å². The normalized spacial score (nSPS) is 20.3. The van der Waals surface area contributed by atoms with Crippen LogP contribution in [-0.2, 0) is 19.1 Å². The summed E-state index contributed by atoms with van der Waals surface area (Å²) >= 11 is 1.28. The lowest BCUT2D eigenvalue weighted by molar-refractivity contribution is -0.155. The van der Waals surface area contributed by atoms with E-state index in [1.54, 1.807) is 6.07 Å². The molecule has 2 aromatic carbocycles. The summed E-state index contributed by atoms with van der Waals surface area (Å²) in [5.41, 5.74) is 6.64. The molecule has 0 aliphatic carbocycles. The van der Waals surface area contributed by atoms with Gasteiger partial charge in [-0.3, -0.25) is 19.3 Å². The number of carbonyl (C=O) groups is 4. The molecule has 8 nitrogen and oxygen atoms in total. The summed E-state index contributed by atoms with van der Waals surface area (Å²) < 4.78 is 5.47. The Bertz CT molecular complexity index is 1050. The standard InChI is InChI=1S/C21H19N3O5S/c1-12(19(27)23-14-8-6-13(7-9-14)18(22)26)29-20(28)21-11-10-17(25)24(21)15-4-2-3-5-16(15)30-21/h2-9,12H,10-11H2,1H3,(H2,22,26)(H,23,27). The van der Waals surface area contributed by atoms with E-state index in [0.29, 0.717) is 23.4 Å². The molecular formula is C21H19N3O5S. The zero-order chi connectivity index (χ0) is 21.5. The first-order valence-electron chi connectivity index (χ1n) is 9.35. The smallest absolute Gasteiger partial charge is 0.344 e. The molecule has 2 aromatic rings. The first-order chi connectivity index (χ1) is 14.3. The molecule has 2 aliphatic rings. The predicted molar refractivity (Wildman–Crippen MR) is 111 cm³/mol. The van der Waals surface area contributed by atoms with Crippen LogP contribution in [0, 0.1) is 0 Å². The van der Waals surface area contributed by atoms with Crippen molar-refractivity contribution in [1.82, 2.24) is 0 Å². The van der Waals surface area contributed by atoms with Gasteiger partial charge in [0.1, 0.15) is 0 Å². The van der Waals surface area contributed by atoms with Crippen molar-refractivity contribution < 1.29 is 23.9 Å². The highest BCUT2D eigenvalue weighted by molar-refractivity contribution is 8.02. The van der Waals surface area contributed by atoms with E-state index >= 15 is 0 Å². The van der Waals surface area contributed by atoms with E-state index in [2.05, 4.69) is 5.32 Å². The number of carbonyl (C=O) groups excluding carboxylic acids is 4. The number of anilines is 2. The molecule has 2 unspecified atom stereocenters. The average molecular weight is 425 g/mol. The lowest BCUT2D eigenvalue weighted by atomic mass is 10.2. The minimum absolute atomic E-state index is 0.143. The number of nitrogens with zero attached hydrogens (tertiary/aromatic N) is 1. The van der Waals surface area contributed by atoms with Gasteiger partial charge in [0.25, 0.3) is 5.91 Å². The van der Waals surface area contributed by atoms with Crippen LogP contribution in [-0.4, -0.2) is 34.7 Å². The number of fused-ring (bicyclic) bond motifs is 3. The molecule has 4 rings (SSSR count). The summed E-state index contributed by atoms with van der Waals surface area (Å²) in [5.74, 6) is -1.86. The largest absolute Gasteiger partial charge is 0.450 e. The SMILES string of the molecule is CC(OC(=O)C12CCC(=O)N1c1ccccc1S2)C(=O)Nc1ccc(C(N)=O)cc1. The summed E-state index contributed by atoms with van der Waals surface area (Å²) in [6.45, 7) is 1.47. The van der Waals surface area contributed by atoms with E-state index in [0.717, 1.165) is 4.90 Å². The summed E-state index contributed by atoms with van der Waals surface area (Å²) in [7, 11) is 0. The Labute approximate surface area is 176 Å². The number of hydrogen-bond donors (Lipinski definition) is 2. The first kappa shape index (κ1) is 20.0. The van der Waals surface area contributed by atoms with Crippen molar-refractivity contribution in [2.45, 2.75) is 35.6 Å². The third kappa shape index (κ3) is 3.30. The Morgan fingerprint density at radius 3 is 2.57 bits per heavy atom. The number of benzene rings is 2. The minimum atomic E-state index is -1.18. The fourth-order valence-corrected chi connectivity index (χ4v) is 4.94.